The summed E-state index contributed by atoms with van der Waals surface area (Å²) < 4.78 is 12.9. The van der Waals surface area contributed by atoms with Crippen molar-refractivity contribution >= 4 is 23.2 Å². The molecular formula is C23H21ClN4O3. The summed E-state index contributed by atoms with van der Waals surface area (Å²) in [4.78, 5) is 12.8. The number of aryl methyl sites for hydroxylation is 2. The molecule has 0 bridgehead atoms. The van der Waals surface area contributed by atoms with E-state index in [9.17, 15) is 4.79 Å². The summed E-state index contributed by atoms with van der Waals surface area (Å²) in [7, 11) is 0. The van der Waals surface area contributed by atoms with E-state index >= 15 is 0 Å². The lowest BCUT2D eigenvalue weighted by Crippen LogP contribution is -2.15. The first-order chi connectivity index (χ1) is 15.0. The lowest BCUT2D eigenvalue weighted by Gasteiger charge is -2.09. The lowest BCUT2D eigenvalue weighted by atomic mass is 10.1. The number of hydrogen-bond donors (Lipinski definition) is 1. The predicted molar refractivity (Wildman–Crippen MR) is 117 cm³/mol. The number of hydrogen-bond acceptors (Lipinski definition) is 5. The minimum atomic E-state index is -0.355. The van der Waals surface area contributed by atoms with Gasteiger partial charge < -0.3 is 14.6 Å². The molecule has 0 saturated carbocycles. The molecule has 0 unspecified atom stereocenters. The van der Waals surface area contributed by atoms with Gasteiger partial charge in [0, 0.05) is 11.9 Å². The fraction of sp³-hybridized carbons (Fsp3) is 0.174. The Morgan fingerprint density at radius 3 is 2.65 bits per heavy atom. The van der Waals surface area contributed by atoms with E-state index in [1.807, 2.05) is 55.5 Å². The van der Waals surface area contributed by atoms with Crippen LogP contribution < -0.4 is 10.1 Å². The van der Waals surface area contributed by atoms with Gasteiger partial charge in [-0.15, -0.1) is 0 Å². The smallest absolute Gasteiger partial charge is 0.278 e. The van der Waals surface area contributed by atoms with Gasteiger partial charge in [-0.1, -0.05) is 47.1 Å². The van der Waals surface area contributed by atoms with E-state index in [0.29, 0.717) is 28.6 Å². The first-order valence-electron chi connectivity index (χ1n) is 9.71. The third kappa shape index (κ3) is 4.95. The number of halogens is 1. The fourth-order valence-corrected chi connectivity index (χ4v) is 3.26. The number of amides is 1. The van der Waals surface area contributed by atoms with Crippen LogP contribution in [0.5, 0.6) is 5.75 Å². The maximum Gasteiger partial charge on any atom is 0.278 e. The highest BCUT2D eigenvalue weighted by Crippen LogP contribution is 2.22. The minimum absolute atomic E-state index is 0.189. The molecule has 0 atom stereocenters. The number of nitrogens with one attached hydrogen (secondary N) is 1. The van der Waals surface area contributed by atoms with E-state index in [1.54, 1.807) is 24.0 Å². The Hall–Kier alpha value is -3.58. The van der Waals surface area contributed by atoms with Gasteiger partial charge in [0.1, 0.15) is 18.1 Å². The molecule has 0 aliphatic heterocycles. The van der Waals surface area contributed by atoms with E-state index in [2.05, 4.69) is 15.6 Å². The highest BCUT2D eigenvalue weighted by molar-refractivity contribution is 6.30. The number of anilines is 1. The molecular weight excluding hydrogens is 416 g/mol. The normalized spacial score (nSPS) is 10.8. The molecule has 2 aromatic carbocycles. The first kappa shape index (κ1) is 20.7. The maximum absolute atomic E-state index is 12.8. The van der Waals surface area contributed by atoms with Crippen LogP contribution in [0.3, 0.4) is 0 Å². The van der Waals surface area contributed by atoms with Gasteiger partial charge in [-0.05, 0) is 43.2 Å². The number of carbonyl (C=O) groups is 1. The van der Waals surface area contributed by atoms with E-state index < -0.39 is 0 Å². The Morgan fingerprint density at radius 2 is 1.94 bits per heavy atom. The number of carbonyl (C=O) groups excluding carboxylic acids is 1. The zero-order valence-corrected chi connectivity index (χ0v) is 17.9. The predicted octanol–water partition coefficient (Wildman–Crippen LogP) is 5.02. The second-order valence-corrected chi connectivity index (χ2v) is 7.56. The molecule has 4 aromatic rings. The molecule has 2 heterocycles. The van der Waals surface area contributed by atoms with Crippen molar-refractivity contribution in [2.24, 2.45) is 0 Å². The molecule has 158 valence electrons. The van der Waals surface area contributed by atoms with Crippen molar-refractivity contribution in [3.63, 3.8) is 0 Å². The number of benzene rings is 2. The Kier molecular flexibility index (Phi) is 6.04. The van der Waals surface area contributed by atoms with Gasteiger partial charge in [-0.25, -0.2) is 0 Å². The molecule has 2 aromatic heterocycles. The van der Waals surface area contributed by atoms with E-state index in [4.69, 9.17) is 20.9 Å². The van der Waals surface area contributed by atoms with Crippen molar-refractivity contribution in [1.82, 2.24) is 14.9 Å². The van der Waals surface area contributed by atoms with Gasteiger partial charge in [0.05, 0.1) is 23.3 Å². The van der Waals surface area contributed by atoms with Crippen LogP contribution in [0, 0.1) is 13.8 Å². The van der Waals surface area contributed by atoms with Crippen LogP contribution in [0.25, 0.3) is 0 Å². The van der Waals surface area contributed by atoms with E-state index in [-0.39, 0.29) is 18.2 Å². The number of rotatable bonds is 7. The molecule has 1 amide bonds. The standard InChI is InChI=1S/C23H21ClN4O3/c1-15-5-3-4-6-21(15)30-14-20-16(2)31-27-22(20)23(29)26-19-9-7-17(8-10-19)12-28-13-18(24)11-25-28/h3-11,13H,12,14H2,1-2H3,(H,26,29). The molecule has 1 N–H and O–H groups in total. The van der Waals surface area contributed by atoms with Gasteiger partial charge in [0.2, 0.25) is 0 Å². The summed E-state index contributed by atoms with van der Waals surface area (Å²) in [5, 5.41) is 11.5. The van der Waals surface area contributed by atoms with E-state index in [1.165, 1.54) is 0 Å². The quantitative estimate of drug-likeness (QED) is 0.439. The monoisotopic (exact) mass is 436 g/mol. The van der Waals surface area contributed by atoms with Crippen LogP contribution in [0.2, 0.25) is 5.02 Å². The molecule has 4 rings (SSSR count). The second kappa shape index (κ2) is 9.06. The Bertz CT molecular complexity index is 1200. The molecule has 0 saturated heterocycles. The first-order valence-corrected chi connectivity index (χ1v) is 10.1. The van der Waals surface area contributed by atoms with Gasteiger partial charge in [-0.3, -0.25) is 9.48 Å². The molecule has 7 nitrogen and oxygen atoms in total. The molecule has 0 spiro atoms. The van der Waals surface area contributed by atoms with Crippen LogP contribution in [0.4, 0.5) is 5.69 Å². The maximum atomic E-state index is 12.8. The number of para-hydroxylation sites is 1. The zero-order valence-electron chi connectivity index (χ0n) is 17.1. The Labute approximate surface area is 184 Å². The van der Waals surface area contributed by atoms with Crippen LogP contribution >= 0.6 is 11.6 Å². The third-order valence-corrected chi connectivity index (χ3v) is 5.02. The summed E-state index contributed by atoms with van der Waals surface area (Å²) in [6.45, 7) is 4.50. The summed E-state index contributed by atoms with van der Waals surface area (Å²) in [5.74, 6) is 0.947. The molecule has 8 heteroatoms. The summed E-state index contributed by atoms with van der Waals surface area (Å²) in [6.07, 6.45) is 3.35. The van der Waals surface area contributed by atoms with Crippen molar-refractivity contribution in [2.75, 3.05) is 5.32 Å². The van der Waals surface area contributed by atoms with Gasteiger partial charge >= 0.3 is 0 Å². The average molecular weight is 437 g/mol. The summed E-state index contributed by atoms with van der Waals surface area (Å²) in [6, 6.07) is 15.2. The summed E-state index contributed by atoms with van der Waals surface area (Å²) in [5.41, 5.74) is 3.52. The van der Waals surface area contributed by atoms with Gasteiger partial charge in [0.25, 0.3) is 5.91 Å². The minimum Gasteiger partial charge on any atom is -0.488 e. The van der Waals surface area contributed by atoms with Crippen LogP contribution in [-0.2, 0) is 13.2 Å². The zero-order chi connectivity index (χ0) is 21.8. The fourth-order valence-electron chi connectivity index (χ4n) is 3.10. The van der Waals surface area contributed by atoms with Crippen molar-refractivity contribution in [1.29, 1.82) is 0 Å². The van der Waals surface area contributed by atoms with Crippen molar-refractivity contribution < 1.29 is 14.1 Å². The van der Waals surface area contributed by atoms with Crippen LogP contribution in [0.15, 0.2) is 65.4 Å². The SMILES string of the molecule is Cc1ccccc1OCc1c(C(=O)Nc2ccc(Cn3cc(Cl)cn3)cc2)noc1C. The van der Waals surface area contributed by atoms with Crippen LogP contribution in [0.1, 0.15) is 32.9 Å². The lowest BCUT2D eigenvalue weighted by molar-refractivity contribution is 0.101. The number of nitrogens with zero attached hydrogens (tertiary/aromatic N) is 3. The van der Waals surface area contributed by atoms with Gasteiger partial charge in [0.15, 0.2) is 5.69 Å². The number of ether oxygens (including phenoxy) is 1. The molecule has 0 aliphatic carbocycles. The van der Waals surface area contributed by atoms with Crippen molar-refractivity contribution in [3.05, 3.63) is 94.1 Å². The van der Waals surface area contributed by atoms with Gasteiger partial charge in [-0.2, -0.15) is 5.10 Å². The molecule has 0 radical (unpaired) electrons. The Balaban J connectivity index is 1.42. The molecule has 0 aliphatic rings. The topological polar surface area (TPSA) is 82.2 Å². The molecule has 31 heavy (non-hydrogen) atoms. The average Bonchev–Trinajstić information content (AvgIpc) is 3.34. The largest absolute Gasteiger partial charge is 0.488 e. The highest BCUT2D eigenvalue weighted by atomic mass is 35.5. The second-order valence-electron chi connectivity index (χ2n) is 7.13. The number of aromatic nitrogens is 3. The highest BCUT2D eigenvalue weighted by Gasteiger charge is 2.21. The Morgan fingerprint density at radius 1 is 1.16 bits per heavy atom. The molecule has 0 fully saturated rings. The summed E-state index contributed by atoms with van der Waals surface area (Å²) >= 11 is 5.89. The van der Waals surface area contributed by atoms with Crippen LogP contribution in [-0.4, -0.2) is 20.8 Å². The van der Waals surface area contributed by atoms with E-state index in [0.717, 1.165) is 16.9 Å². The van der Waals surface area contributed by atoms with Crippen molar-refractivity contribution in [2.45, 2.75) is 27.0 Å². The third-order valence-electron chi connectivity index (χ3n) is 4.82. The van der Waals surface area contributed by atoms with Crippen molar-refractivity contribution in [3.8, 4) is 5.75 Å².